The third-order valence-corrected chi connectivity index (χ3v) is 8.96. The number of azo groups is 1. The monoisotopic (exact) mass is 612 g/mol. The molecule has 242 valence electrons. The molecule has 0 spiro atoms. The maximum atomic E-state index is 4.88. The zero-order valence-electron chi connectivity index (χ0n) is 29.0. The molecule has 0 radical (unpaired) electrons. The Kier molecular flexibility index (Phi) is 15.0. The molecule has 0 atom stereocenters. The van der Waals surface area contributed by atoms with Gasteiger partial charge in [-0.25, -0.2) is 0 Å². The Balaban J connectivity index is 1.63. The summed E-state index contributed by atoms with van der Waals surface area (Å²) in [6.45, 7) is 8.99. The van der Waals surface area contributed by atoms with E-state index in [0.717, 1.165) is 37.1 Å². The molecule has 2 nitrogen and oxygen atoms in total. The molecule has 46 heavy (non-hydrogen) atoms. The van der Waals surface area contributed by atoms with Crippen molar-refractivity contribution in [3.05, 3.63) is 119 Å². The second-order valence-electron chi connectivity index (χ2n) is 12.7. The van der Waals surface area contributed by atoms with Gasteiger partial charge in [-0.1, -0.05) is 152 Å². The lowest BCUT2D eigenvalue weighted by atomic mass is 9.89. The van der Waals surface area contributed by atoms with E-state index in [1.165, 1.54) is 109 Å². The van der Waals surface area contributed by atoms with E-state index < -0.39 is 0 Å². The van der Waals surface area contributed by atoms with E-state index in [1.54, 1.807) is 0 Å². The topological polar surface area (TPSA) is 24.7 Å². The molecular weight excluding hydrogens is 556 g/mol. The van der Waals surface area contributed by atoms with E-state index in [0.29, 0.717) is 0 Å². The smallest absolute Gasteiger partial charge is 0.0862 e. The summed E-state index contributed by atoms with van der Waals surface area (Å²) in [6.07, 6.45) is 19.1. The quantitative estimate of drug-likeness (QED) is 0.0743. The summed E-state index contributed by atoms with van der Waals surface area (Å²) in [5, 5.41) is 9.74. The predicted octanol–water partition coefficient (Wildman–Crippen LogP) is 14.1. The Morgan fingerprint density at radius 2 is 1.17 bits per heavy atom. The highest BCUT2D eigenvalue weighted by molar-refractivity contribution is 5.74. The second kappa shape index (κ2) is 19.7. The molecule has 0 bridgehead atoms. The summed E-state index contributed by atoms with van der Waals surface area (Å²) in [5.74, 6) is 0. The molecule has 0 saturated carbocycles. The number of nitrogens with zero attached hydrogens (tertiary/aromatic N) is 2. The van der Waals surface area contributed by atoms with Gasteiger partial charge in [0, 0.05) is 0 Å². The van der Waals surface area contributed by atoms with Crippen molar-refractivity contribution >= 4 is 11.8 Å². The van der Waals surface area contributed by atoms with E-state index in [1.807, 2.05) is 0 Å². The van der Waals surface area contributed by atoms with Gasteiger partial charge in [-0.3, -0.25) is 0 Å². The third kappa shape index (κ3) is 10.9. The van der Waals surface area contributed by atoms with E-state index >= 15 is 0 Å². The molecule has 0 N–H and O–H groups in total. The van der Waals surface area contributed by atoms with Gasteiger partial charge in [-0.15, -0.1) is 0 Å². The summed E-state index contributed by atoms with van der Waals surface area (Å²) in [6, 6.07) is 33.2. The van der Waals surface area contributed by atoms with Gasteiger partial charge < -0.3 is 0 Å². The molecule has 0 aliphatic carbocycles. The van der Waals surface area contributed by atoms with Crippen LogP contribution in [0.3, 0.4) is 0 Å². The van der Waals surface area contributed by atoms with Crippen LogP contribution in [0.25, 0.3) is 28.3 Å². The minimum atomic E-state index is 0.832. The first-order chi connectivity index (χ1) is 22.6. The van der Waals surface area contributed by atoms with Crippen molar-refractivity contribution in [3.63, 3.8) is 0 Å². The fourth-order valence-corrected chi connectivity index (χ4v) is 6.37. The summed E-state index contributed by atoms with van der Waals surface area (Å²) >= 11 is 0. The molecule has 2 heteroatoms. The molecule has 4 aromatic carbocycles. The van der Waals surface area contributed by atoms with Gasteiger partial charge in [-0.2, -0.15) is 10.2 Å². The number of hydrogen-bond acceptors (Lipinski definition) is 2. The minimum Gasteiger partial charge on any atom is -0.155 e. The van der Waals surface area contributed by atoms with E-state index in [4.69, 9.17) is 10.2 Å². The molecule has 4 aromatic rings. The van der Waals surface area contributed by atoms with Crippen LogP contribution in [0.4, 0.5) is 5.69 Å². The van der Waals surface area contributed by atoms with Crippen LogP contribution in [0, 0.1) is 0 Å². The summed E-state index contributed by atoms with van der Waals surface area (Å²) in [5.41, 5.74) is 12.6. The van der Waals surface area contributed by atoms with Crippen molar-refractivity contribution in [2.45, 2.75) is 118 Å². The lowest BCUT2D eigenvalue weighted by Crippen LogP contribution is -1.97. The highest BCUT2D eigenvalue weighted by Gasteiger charge is 2.13. The molecule has 0 aromatic heterocycles. The first kappa shape index (κ1) is 35.1. The average Bonchev–Trinajstić information content (AvgIpc) is 3.10. The molecule has 0 unspecified atom stereocenters. The van der Waals surface area contributed by atoms with E-state index in [-0.39, 0.29) is 0 Å². The number of hydrogen-bond donors (Lipinski definition) is 0. The van der Waals surface area contributed by atoms with Gasteiger partial charge in [0.15, 0.2) is 0 Å². The summed E-state index contributed by atoms with van der Waals surface area (Å²) < 4.78 is 0. The predicted molar refractivity (Wildman–Crippen MR) is 201 cm³/mol. The molecular formula is C44H56N2. The van der Waals surface area contributed by atoms with Crippen molar-refractivity contribution in [3.8, 4) is 22.3 Å². The first-order valence-electron chi connectivity index (χ1n) is 18.2. The highest BCUT2D eigenvalue weighted by Crippen LogP contribution is 2.34. The molecule has 0 aliphatic heterocycles. The van der Waals surface area contributed by atoms with Crippen LogP contribution >= 0.6 is 0 Å². The van der Waals surface area contributed by atoms with Gasteiger partial charge in [0.1, 0.15) is 0 Å². The molecule has 0 saturated heterocycles. The van der Waals surface area contributed by atoms with Gasteiger partial charge in [0.2, 0.25) is 0 Å². The number of rotatable bonds is 19. The molecule has 0 heterocycles. The summed E-state index contributed by atoms with van der Waals surface area (Å²) in [4.78, 5) is 0. The summed E-state index contributed by atoms with van der Waals surface area (Å²) in [7, 11) is 0. The Bertz CT molecular complexity index is 1510. The standard InChI is InChI=1S/C44H56N2/c1-5-9-11-13-14-18-28-40-34-43(33-37(7-3)44(40)39-26-21-16-22-27-39)46-45-42(8-4)32-36-29-35(23-17-12-10-6-2)30-41(31-36)38-24-19-15-20-25-38/h15-16,19-22,24-27,29-34H,5-14,17-18,23,28H2,1-4H3. The Hall–Kier alpha value is -3.78. The van der Waals surface area contributed by atoms with Gasteiger partial charge in [0.25, 0.3) is 0 Å². The zero-order chi connectivity index (χ0) is 32.4. The van der Waals surface area contributed by atoms with Gasteiger partial charge in [0.05, 0.1) is 11.4 Å². The lowest BCUT2D eigenvalue weighted by Gasteiger charge is -2.16. The van der Waals surface area contributed by atoms with Crippen molar-refractivity contribution in [2.75, 3.05) is 0 Å². The van der Waals surface area contributed by atoms with Crippen LogP contribution in [0.2, 0.25) is 0 Å². The normalized spacial score (nSPS) is 11.9. The third-order valence-electron chi connectivity index (χ3n) is 8.96. The largest absolute Gasteiger partial charge is 0.155 e. The van der Waals surface area contributed by atoms with Gasteiger partial charge in [-0.05, 0) is 107 Å². The van der Waals surface area contributed by atoms with Gasteiger partial charge >= 0.3 is 0 Å². The molecule has 0 amide bonds. The average molecular weight is 613 g/mol. The lowest BCUT2D eigenvalue weighted by molar-refractivity contribution is 0.607. The van der Waals surface area contributed by atoms with Crippen LogP contribution in [0.5, 0.6) is 0 Å². The SMILES string of the molecule is CCCCCCCCc1cc(N=NC(=Cc2cc(CCCCCC)cc(-c3ccccc3)c2)CC)cc(CC)c1-c1ccccc1. The Morgan fingerprint density at radius 3 is 1.85 bits per heavy atom. The van der Waals surface area contributed by atoms with Crippen molar-refractivity contribution < 1.29 is 0 Å². The first-order valence-corrected chi connectivity index (χ1v) is 18.2. The van der Waals surface area contributed by atoms with Crippen LogP contribution in [-0.2, 0) is 19.3 Å². The van der Waals surface area contributed by atoms with Crippen LogP contribution in [-0.4, -0.2) is 0 Å². The fraction of sp³-hybridized carbons (Fsp3) is 0.409. The van der Waals surface area contributed by atoms with Crippen LogP contribution in [0.15, 0.2) is 107 Å². The maximum absolute atomic E-state index is 4.88. The van der Waals surface area contributed by atoms with Crippen molar-refractivity contribution in [2.24, 2.45) is 10.2 Å². The van der Waals surface area contributed by atoms with E-state index in [2.05, 4.69) is 125 Å². The number of unbranched alkanes of at least 4 members (excludes halogenated alkanes) is 8. The Labute approximate surface area is 280 Å². The van der Waals surface area contributed by atoms with Crippen molar-refractivity contribution in [1.29, 1.82) is 0 Å². The minimum absolute atomic E-state index is 0.832. The van der Waals surface area contributed by atoms with Crippen LogP contribution in [0.1, 0.15) is 121 Å². The second-order valence-corrected chi connectivity index (χ2v) is 12.7. The fourth-order valence-electron chi connectivity index (χ4n) is 6.37. The Morgan fingerprint density at radius 1 is 0.565 bits per heavy atom. The molecule has 0 aliphatic rings. The molecule has 0 fully saturated rings. The maximum Gasteiger partial charge on any atom is 0.0862 e. The zero-order valence-corrected chi connectivity index (χ0v) is 29.0. The highest BCUT2D eigenvalue weighted by atomic mass is 15.1. The number of benzene rings is 4. The number of allylic oxidation sites excluding steroid dienone is 1. The van der Waals surface area contributed by atoms with Crippen LogP contribution < -0.4 is 0 Å². The molecule has 4 rings (SSSR count). The van der Waals surface area contributed by atoms with E-state index in [9.17, 15) is 0 Å². The number of aryl methyl sites for hydroxylation is 3. The van der Waals surface area contributed by atoms with Crippen molar-refractivity contribution in [1.82, 2.24) is 0 Å².